The Morgan fingerprint density at radius 3 is 2.21 bits per heavy atom. The number of halogens is 1. The van der Waals surface area contributed by atoms with Gasteiger partial charge in [0.25, 0.3) is 0 Å². The lowest BCUT2D eigenvalue weighted by Gasteiger charge is -2.40. The third-order valence-corrected chi connectivity index (χ3v) is 9.02. The predicted molar refractivity (Wildman–Crippen MR) is 90.1 cm³/mol. The quantitative estimate of drug-likeness (QED) is 0.525. The normalized spacial score (nSPS) is 17.7. The lowest BCUT2D eigenvalue weighted by atomic mass is 9.99. The summed E-state index contributed by atoms with van der Waals surface area (Å²) in [6.45, 7) is 20.6. The Kier molecular flexibility index (Phi) is 7.24. The number of hydrogen-bond acceptors (Lipinski definition) is 2. The molecule has 0 amide bonds. The third kappa shape index (κ3) is 5.94. The topological polar surface area (TPSA) is 29.5 Å². The first kappa shape index (κ1) is 19.1. The molecule has 0 bridgehead atoms. The number of rotatable bonds is 7. The minimum absolute atomic E-state index is 0.0531. The maximum Gasteiger partial charge on any atom is 0.192 e. The Morgan fingerprint density at radius 1 is 1.42 bits per heavy atom. The molecule has 0 radical (unpaired) electrons. The van der Waals surface area contributed by atoms with E-state index in [0.717, 1.165) is 4.48 Å². The van der Waals surface area contributed by atoms with Gasteiger partial charge in [0, 0.05) is 10.9 Å². The van der Waals surface area contributed by atoms with Crippen molar-refractivity contribution in [2.45, 2.75) is 64.5 Å². The fourth-order valence-corrected chi connectivity index (χ4v) is 3.12. The molecule has 2 nitrogen and oxygen atoms in total. The van der Waals surface area contributed by atoms with Crippen molar-refractivity contribution >= 4 is 24.2 Å². The van der Waals surface area contributed by atoms with E-state index in [2.05, 4.69) is 63.0 Å². The molecule has 3 atom stereocenters. The van der Waals surface area contributed by atoms with Gasteiger partial charge in [-0.15, -0.1) is 6.58 Å². The van der Waals surface area contributed by atoms with Crippen molar-refractivity contribution in [3.8, 4) is 0 Å². The molecule has 0 aliphatic heterocycles. The predicted octanol–water partition coefficient (Wildman–Crippen LogP) is 4.86. The molecule has 0 aromatic carbocycles. The first-order valence-electron chi connectivity index (χ1n) is 6.75. The molecule has 0 saturated carbocycles. The van der Waals surface area contributed by atoms with Crippen LogP contribution in [0, 0.1) is 5.92 Å². The maximum absolute atomic E-state index is 10.1. The molecule has 0 aliphatic rings. The van der Waals surface area contributed by atoms with Crippen LogP contribution >= 0.6 is 15.9 Å². The highest BCUT2D eigenvalue weighted by Gasteiger charge is 2.40. The van der Waals surface area contributed by atoms with E-state index in [9.17, 15) is 5.11 Å². The van der Waals surface area contributed by atoms with Crippen molar-refractivity contribution in [3.63, 3.8) is 0 Å². The molecule has 0 saturated heterocycles. The molecule has 0 aromatic rings. The highest BCUT2D eigenvalue weighted by molar-refractivity contribution is 9.11. The van der Waals surface area contributed by atoms with E-state index in [-0.39, 0.29) is 17.1 Å². The second-order valence-electron chi connectivity index (χ2n) is 6.71. The van der Waals surface area contributed by atoms with Gasteiger partial charge in [-0.3, -0.25) is 0 Å². The molecule has 0 heterocycles. The molecule has 0 aromatic heterocycles. The average molecular weight is 349 g/mol. The Hall–Kier alpha value is 0.0969. The van der Waals surface area contributed by atoms with Crippen LogP contribution in [0.1, 0.15) is 34.1 Å². The van der Waals surface area contributed by atoms with E-state index in [1.54, 1.807) is 6.08 Å². The van der Waals surface area contributed by atoms with Crippen molar-refractivity contribution in [1.29, 1.82) is 0 Å². The first-order chi connectivity index (χ1) is 8.42. The van der Waals surface area contributed by atoms with E-state index in [0.29, 0.717) is 6.42 Å². The van der Waals surface area contributed by atoms with Crippen molar-refractivity contribution in [2.75, 3.05) is 0 Å². The summed E-state index contributed by atoms with van der Waals surface area (Å²) in [7, 11) is -1.87. The summed E-state index contributed by atoms with van der Waals surface area (Å²) in [5.41, 5.74) is 0. The van der Waals surface area contributed by atoms with Crippen molar-refractivity contribution < 1.29 is 9.53 Å². The molecule has 0 rings (SSSR count). The van der Waals surface area contributed by atoms with Crippen LogP contribution in [0.25, 0.3) is 0 Å². The van der Waals surface area contributed by atoms with Crippen molar-refractivity contribution in [2.24, 2.45) is 5.92 Å². The number of aliphatic hydroxyl groups excluding tert-OH is 1. The average Bonchev–Trinajstić information content (AvgIpc) is 2.24. The summed E-state index contributed by atoms with van der Waals surface area (Å²) in [5.74, 6) is 0.0531. The van der Waals surface area contributed by atoms with Gasteiger partial charge in [-0.2, -0.15) is 0 Å². The summed E-state index contributed by atoms with van der Waals surface area (Å²) in [6, 6.07) is 0. The monoisotopic (exact) mass is 348 g/mol. The van der Waals surface area contributed by atoms with Gasteiger partial charge in [0.1, 0.15) is 0 Å². The van der Waals surface area contributed by atoms with Gasteiger partial charge >= 0.3 is 0 Å². The van der Waals surface area contributed by atoms with Gasteiger partial charge in [-0.25, -0.2) is 0 Å². The van der Waals surface area contributed by atoms with Gasteiger partial charge in [-0.05, 0) is 24.1 Å². The Balaban J connectivity index is 4.87. The van der Waals surface area contributed by atoms with E-state index in [1.807, 2.05) is 6.92 Å². The van der Waals surface area contributed by atoms with Crippen LogP contribution in [-0.2, 0) is 4.43 Å². The van der Waals surface area contributed by atoms with E-state index < -0.39 is 14.4 Å². The number of hydrogen-bond donors (Lipinski definition) is 1. The van der Waals surface area contributed by atoms with Crippen molar-refractivity contribution in [1.82, 2.24) is 0 Å². The van der Waals surface area contributed by atoms with E-state index in [1.165, 1.54) is 0 Å². The Bertz CT molecular complexity index is 321. The van der Waals surface area contributed by atoms with Crippen LogP contribution < -0.4 is 0 Å². The fourth-order valence-electron chi connectivity index (χ4n) is 1.36. The molecule has 4 heteroatoms. The van der Waals surface area contributed by atoms with Crippen LogP contribution in [0.2, 0.25) is 18.1 Å². The molecule has 112 valence electrons. The van der Waals surface area contributed by atoms with E-state index >= 15 is 0 Å². The molecule has 0 unspecified atom stereocenters. The molecule has 19 heavy (non-hydrogen) atoms. The van der Waals surface area contributed by atoms with Gasteiger partial charge in [0.15, 0.2) is 8.32 Å². The zero-order valence-corrected chi connectivity index (χ0v) is 15.8. The molecule has 0 spiro atoms. The summed E-state index contributed by atoms with van der Waals surface area (Å²) in [4.78, 5) is 0. The minimum Gasteiger partial charge on any atom is -0.409 e. The summed E-state index contributed by atoms with van der Waals surface area (Å²) >= 11 is 3.43. The van der Waals surface area contributed by atoms with Crippen molar-refractivity contribution in [3.05, 3.63) is 23.7 Å². The van der Waals surface area contributed by atoms with E-state index in [4.69, 9.17) is 4.43 Å². The minimum atomic E-state index is -1.87. The van der Waals surface area contributed by atoms with Crippen LogP contribution in [0.15, 0.2) is 23.7 Å². The number of aliphatic hydroxyl groups is 1. The highest BCUT2D eigenvalue weighted by atomic mass is 79.9. The zero-order chi connectivity index (χ0) is 15.4. The summed E-state index contributed by atoms with van der Waals surface area (Å²) in [6.07, 6.45) is 1.70. The second-order valence-corrected chi connectivity index (χ2v) is 12.5. The molecular formula is C15H29BrO2Si. The maximum atomic E-state index is 10.1. The second kappa shape index (κ2) is 7.20. The molecular weight excluding hydrogens is 320 g/mol. The third-order valence-electron chi connectivity index (χ3n) is 4.03. The van der Waals surface area contributed by atoms with Gasteiger partial charge in [0.05, 0.1) is 12.2 Å². The fraction of sp³-hybridized carbons (Fsp3) is 0.733. The van der Waals surface area contributed by atoms with Crippen LogP contribution in [-0.4, -0.2) is 25.6 Å². The summed E-state index contributed by atoms with van der Waals surface area (Å²) in [5, 5.41) is 10.3. The molecule has 1 N–H and O–H groups in total. The van der Waals surface area contributed by atoms with Crippen LogP contribution in [0.3, 0.4) is 0 Å². The smallest absolute Gasteiger partial charge is 0.192 e. The molecule has 0 aliphatic carbocycles. The van der Waals surface area contributed by atoms with Crippen LogP contribution in [0.4, 0.5) is 0 Å². The Labute approximate surface area is 128 Å². The summed E-state index contributed by atoms with van der Waals surface area (Å²) < 4.78 is 7.13. The Morgan fingerprint density at radius 2 is 1.89 bits per heavy atom. The SMILES string of the molecule is C=C[C@@H](C)[C@@H](O)C[C@H](O[Si](C)(C)C(C)(C)C)C(=C)Br. The van der Waals surface area contributed by atoms with Gasteiger partial charge in [-0.1, -0.05) is 56.3 Å². The lowest BCUT2D eigenvalue weighted by molar-refractivity contribution is 0.0825. The van der Waals surface area contributed by atoms with Crippen LogP contribution in [0.5, 0.6) is 0 Å². The van der Waals surface area contributed by atoms with Gasteiger partial charge in [0.2, 0.25) is 0 Å². The lowest BCUT2D eigenvalue weighted by Crippen LogP contribution is -2.45. The largest absolute Gasteiger partial charge is 0.409 e. The standard InChI is InChI=1S/C15H29BrO2Si/c1-9-11(2)13(17)10-14(12(3)16)18-19(7,8)15(4,5)6/h9,11,13-14,17H,1,3,10H2,2,4-8H3/t11-,13+,14+/m1/s1. The zero-order valence-electron chi connectivity index (χ0n) is 13.2. The van der Waals surface area contributed by atoms with Gasteiger partial charge < -0.3 is 9.53 Å². The highest BCUT2D eigenvalue weighted by Crippen LogP contribution is 2.39. The molecule has 0 fully saturated rings. The first-order valence-corrected chi connectivity index (χ1v) is 10.4.